The number of oxazole rings is 1. The molecule has 0 N–H and O–H groups in total. The lowest BCUT2D eigenvalue weighted by atomic mass is 9.62. The van der Waals surface area contributed by atoms with E-state index < -0.39 is 11.8 Å². The van der Waals surface area contributed by atoms with Crippen LogP contribution in [0.2, 0.25) is 0 Å². The predicted octanol–water partition coefficient (Wildman–Crippen LogP) is 4.80. The molecule has 7 nitrogen and oxygen atoms in total. The molecule has 0 radical (unpaired) electrons. The number of benzene rings is 1. The molecule has 2 fully saturated rings. The molecule has 1 spiro atoms. The lowest BCUT2D eigenvalue weighted by Gasteiger charge is -2.46. The van der Waals surface area contributed by atoms with Gasteiger partial charge in [0.05, 0.1) is 18.9 Å². The topological polar surface area (TPSA) is 87.9 Å². The van der Waals surface area contributed by atoms with Crippen molar-refractivity contribution in [1.29, 1.82) is 0 Å². The largest absolute Gasteiger partial charge is 0.451 e. The highest BCUT2D eigenvalue weighted by Crippen LogP contribution is 2.62. The van der Waals surface area contributed by atoms with E-state index in [-0.39, 0.29) is 35.4 Å². The first-order chi connectivity index (χ1) is 17.3. The van der Waals surface area contributed by atoms with Crippen LogP contribution in [-0.2, 0) is 25.6 Å². The minimum Gasteiger partial charge on any atom is -0.451 e. The molecule has 2 unspecified atom stereocenters. The smallest absolute Gasteiger partial charge is 0.384 e. The van der Waals surface area contributed by atoms with Crippen LogP contribution in [0.1, 0.15) is 61.3 Å². The van der Waals surface area contributed by atoms with E-state index in [9.17, 15) is 9.59 Å². The number of rotatable bonds is 5. The maximum Gasteiger partial charge on any atom is 0.384 e. The van der Waals surface area contributed by atoms with Gasteiger partial charge in [-0.15, -0.1) is 0 Å². The molecule has 1 saturated heterocycles. The summed E-state index contributed by atoms with van der Waals surface area (Å²) >= 11 is 0. The summed E-state index contributed by atoms with van der Waals surface area (Å²) in [5, 5.41) is 0. The molecule has 36 heavy (non-hydrogen) atoms. The van der Waals surface area contributed by atoms with Gasteiger partial charge in [0, 0.05) is 29.2 Å². The molecule has 3 atom stereocenters. The number of carbonyl (C=O) groups excluding carboxylic acids is 2. The fourth-order valence-electron chi connectivity index (χ4n) is 6.12. The zero-order valence-electron chi connectivity index (χ0n) is 21.0. The average molecular weight is 490 g/mol. The quantitative estimate of drug-likeness (QED) is 0.258. The first-order valence-corrected chi connectivity index (χ1v) is 12.5. The minimum absolute atomic E-state index is 0.0642. The molecular formula is C29H31NO6. The first-order valence-electron chi connectivity index (χ1n) is 12.5. The summed E-state index contributed by atoms with van der Waals surface area (Å²) in [7, 11) is 0. The van der Waals surface area contributed by atoms with Crippen molar-refractivity contribution < 1.29 is 28.2 Å². The summed E-state index contributed by atoms with van der Waals surface area (Å²) in [5.41, 5.74) is 2.77. The van der Waals surface area contributed by atoms with E-state index in [0.29, 0.717) is 30.9 Å². The SMILES string of the molecule is Cc1ncoc1C(=O)C1=C(C(C)C#CC(=O)OCc2ccccc2)CCC2(C)[C@H]1CCC21OCCO1. The maximum absolute atomic E-state index is 13.9. The number of hydrogen-bond donors (Lipinski definition) is 0. The standard InChI is InChI=1S/C29H31NO6/c1-19(9-10-24(31)33-17-21-7-5-4-6-8-21)22-11-13-28(3)23(12-14-29(28)35-15-16-36-29)25(22)26(32)27-20(2)30-18-34-27/h4-8,18-19,23H,11-17H2,1-3H3/t19?,23-,28?/m0/s1. The number of aromatic nitrogens is 1. The summed E-state index contributed by atoms with van der Waals surface area (Å²) in [5.74, 6) is 4.15. The van der Waals surface area contributed by atoms with E-state index in [1.165, 1.54) is 6.39 Å². The summed E-state index contributed by atoms with van der Waals surface area (Å²) in [6.45, 7) is 7.17. The van der Waals surface area contributed by atoms with Crippen molar-refractivity contribution in [2.24, 2.45) is 17.3 Å². The molecule has 5 rings (SSSR count). The van der Waals surface area contributed by atoms with Crippen molar-refractivity contribution in [3.63, 3.8) is 0 Å². The molecule has 188 valence electrons. The lowest BCUT2D eigenvalue weighted by molar-refractivity contribution is -0.225. The molecule has 0 amide bonds. The Kier molecular flexibility index (Phi) is 6.59. The number of esters is 1. The van der Waals surface area contributed by atoms with E-state index in [4.69, 9.17) is 18.6 Å². The Morgan fingerprint density at radius 3 is 2.64 bits per heavy atom. The zero-order valence-corrected chi connectivity index (χ0v) is 21.0. The van der Waals surface area contributed by atoms with Crippen molar-refractivity contribution >= 4 is 11.8 Å². The molecule has 7 heteroatoms. The van der Waals surface area contributed by atoms with Gasteiger partial charge in [0.2, 0.25) is 5.78 Å². The monoisotopic (exact) mass is 489 g/mol. The van der Waals surface area contributed by atoms with Crippen LogP contribution in [0.3, 0.4) is 0 Å². The highest BCUT2D eigenvalue weighted by Gasteiger charge is 2.63. The van der Waals surface area contributed by atoms with Crippen LogP contribution < -0.4 is 0 Å². The fraction of sp³-hybridized carbons (Fsp3) is 0.483. The summed E-state index contributed by atoms with van der Waals surface area (Å²) in [6, 6.07) is 9.48. The average Bonchev–Trinajstić information content (AvgIpc) is 3.61. The first kappa shape index (κ1) is 24.5. The molecule has 2 aromatic rings. The summed E-state index contributed by atoms with van der Waals surface area (Å²) in [6.07, 6.45) is 4.28. The van der Waals surface area contributed by atoms with Gasteiger partial charge in [-0.2, -0.15) is 0 Å². The van der Waals surface area contributed by atoms with Gasteiger partial charge in [-0.05, 0) is 50.2 Å². The Labute approximate surface area is 211 Å². The number of carbonyl (C=O) groups is 2. The second-order valence-corrected chi connectivity index (χ2v) is 10.0. The normalized spacial score (nSPS) is 25.2. The van der Waals surface area contributed by atoms with Gasteiger partial charge >= 0.3 is 5.97 Å². The number of ketones is 1. The fourth-order valence-corrected chi connectivity index (χ4v) is 6.12. The third-order valence-corrected chi connectivity index (χ3v) is 8.09. The number of fused-ring (bicyclic) bond motifs is 2. The van der Waals surface area contributed by atoms with E-state index >= 15 is 0 Å². The molecule has 1 saturated carbocycles. The van der Waals surface area contributed by atoms with E-state index in [1.807, 2.05) is 37.3 Å². The van der Waals surface area contributed by atoms with E-state index in [0.717, 1.165) is 30.4 Å². The van der Waals surface area contributed by atoms with Gasteiger partial charge in [-0.3, -0.25) is 4.79 Å². The summed E-state index contributed by atoms with van der Waals surface area (Å²) in [4.78, 5) is 30.3. The number of hydrogen-bond acceptors (Lipinski definition) is 7. The van der Waals surface area contributed by atoms with Gasteiger partial charge in [0.1, 0.15) is 6.61 Å². The number of allylic oxidation sites excluding steroid dienone is 2. The Morgan fingerprint density at radius 1 is 1.19 bits per heavy atom. The molecule has 3 aliphatic rings. The van der Waals surface area contributed by atoms with Gasteiger partial charge in [0.25, 0.3) is 0 Å². The van der Waals surface area contributed by atoms with Crippen LogP contribution in [0.4, 0.5) is 0 Å². The Morgan fingerprint density at radius 2 is 1.94 bits per heavy atom. The van der Waals surface area contributed by atoms with Crippen LogP contribution in [0.25, 0.3) is 0 Å². The molecule has 1 aliphatic heterocycles. The summed E-state index contributed by atoms with van der Waals surface area (Å²) < 4.78 is 23.2. The van der Waals surface area contributed by atoms with Crippen molar-refractivity contribution in [2.45, 2.75) is 58.8 Å². The van der Waals surface area contributed by atoms with Crippen molar-refractivity contribution in [1.82, 2.24) is 4.98 Å². The highest BCUT2D eigenvalue weighted by molar-refractivity contribution is 6.08. The number of Topliss-reactive ketones (excluding diaryl/α,β-unsaturated/α-hetero) is 1. The van der Waals surface area contributed by atoms with Gasteiger partial charge in [-0.25, -0.2) is 9.78 Å². The predicted molar refractivity (Wildman–Crippen MR) is 130 cm³/mol. The molecule has 2 heterocycles. The molecule has 0 bridgehead atoms. The lowest BCUT2D eigenvalue weighted by Crippen LogP contribution is -2.48. The maximum atomic E-state index is 13.9. The number of aryl methyl sites for hydroxylation is 1. The highest BCUT2D eigenvalue weighted by atomic mass is 16.7. The van der Waals surface area contributed by atoms with E-state index in [1.54, 1.807) is 6.92 Å². The number of ether oxygens (including phenoxy) is 3. The van der Waals surface area contributed by atoms with Crippen LogP contribution >= 0.6 is 0 Å². The van der Waals surface area contributed by atoms with Crippen LogP contribution in [-0.4, -0.2) is 35.7 Å². The zero-order chi connectivity index (χ0) is 25.3. The second-order valence-electron chi connectivity index (χ2n) is 10.0. The van der Waals surface area contributed by atoms with Crippen molar-refractivity contribution in [2.75, 3.05) is 13.2 Å². The van der Waals surface area contributed by atoms with E-state index in [2.05, 4.69) is 23.7 Å². The van der Waals surface area contributed by atoms with Crippen molar-refractivity contribution in [3.05, 3.63) is 64.9 Å². The van der Waals surface area contributed by atoms with Crippen LogP contribution in [0.15, 0.2) is 52.3 Å². The van der Waals surface area contributed by atoms with Gasteiger partial charge < -0.3 is 18.6 Å². The molecule has 1 aromatic heterocycles. The van der Waals surface area contributed by atoms with Crippen LogP contribution in [0.5, 0.6) is 0 Å². The Bertz CT molecular complexity index is 1240. The Balaban J connectivity index is 1.44. The molecule has 2 aliphatic carbocycles. The molecule has 1 aromatic carbocycles. The van der Waals surface area contributed by atoms with Crippen molar-refractivity contribution in [3.8, 4) is 11.8 Å². The third-order valence-electron chi connectivity index (χ3n) is 8.09. The van der Waals surface area contributed by atoms with Crippen LogP contribution in [0, 0.1) is 36.0 Å². The number of nitrogens with zero attached hydrogens (tertiary/aromatic N) is 1. The third kappa shape index (κ3) is 4.19. The minimum atomic E-state index is -0.665. The second kappa shape index (κ2) is 9.68. The Hall–Kier alpha value is -3.21. The molecular weight excluding hydrogens is 458 g/mol. The van der Waals surface area contributed by atoms with Gasteiger partial charge in [0.15, 0.2) is 17.9 Å². The van der Waals surface area contributed by atoms with Gasteiger partial charge in [-0.1, -0.05) is 43.2 Å².